The van der Waals surface area contributed by atoms with Crippen molar-refractivity contribution in [3.63, 3.8) is 0 Å². The van der Waals surface area contributed by atoms with Gasteiger partial charge in [0.1, 0.15) is 12.1 Å². The molecule has 0 aliphatic carbocycles. The molecule has 10 heteroatoms. The van der Waals surface area contributed by atoms with E-state index in [2.05, 4.69) is 20.7 Å². The molecule has 2 aromatic carbocycles. The minimum atomic E-state index is -4.39. The third kappa shape index (κ3) is 5.92. The average Bonchev–Trinajstić information content (AvgIpc) is 3.09. The number of thiocarbonyl (C=S) groups is 1. The molecule has 0 amide bonds. The summed E-state index contributed by atoms with van der Waals surface area (Å²) in [6.07, 6.45) is -2.97. The van der Waals surface area contributed by atoms with E-state index >= 15 is 0 Å². The van der Waals surface area contributed by atoms with Crippen molar-refractivity contribution in [3.05, 3.63) is 66.0 Å². The summed E-state index contributed by atoms with van der Waals surface area (Å²) in [5.41, 5.74) is 0.523. The average molecular weight is 421 g/mol. The van der Waals surface area contributed by atoms with Crippen LogP contribution in [0.1, 0.15) is 18.1 Å². The summed E-state index contributed by atoms with van der Waals surface area (Å²) in [5.74, 6) is 0.993. The first kappa shape index (κ1) is 20.6. The molecule has 0 unspecified atom stereocenters. The van der Waals surface area contributed by atoms with E-state index in [0.717, 1.165) is 23.6 Å². The van der Waals surface area contributed by atoms with E-state index in [9.17, 15) is 13.2 Å². The van der Waals surface area contributed by atoms with E-state index in [-0.39, 0.29) is 17.6 Å². The fourth-order valence-corrected chi connectivity index (χ4v) is 2.74. The largest absolute Gasteiger partial charge is 0.494 e. The highest BCUT2D eigenvalue weighted by Gasteiger charge is 2.30. The number of nitrogens with one attached hydrogen (secondary N) is 2. The predicted octanol–water partition coefficient (Wildman–Crippen LogP) is 4.55. The van der Waals surface area contributed by atoms with Crippen LogP contribution in [-0.2, 0) is 12.7 Å². The van der Waals surface area contributed by atoms with Crippen molar-refractivity contribution in [2.75, 3.05) is 17.2 Å². The summed E-state index contributed by atoms with van der Waals surface area (Å²) in [6.45, 7) is 2.64. The van der Waals surface area contributed by atoms with Gasteiger partial charge in [-0.05, 0) is 61.1 Å². The van der Waals surface area contributed by atoms with E-state index in [0.29, 0.717) is 12.2 Å². The molecule has 0 fully saturated rings. The van der Waals surface area contributed by atoms with Crippen molar-refractivity contribution < 1.29 is 17.9 Å². The molecule has 0 aliphatic heterocycles. The van der Waals surface area contributed by atoms with E-state index in [4.69, 9.17) is 17.0 Å². The van der Waals surface area contributed by atoms with Gasteiger partial charge >= 0.3 is 6.18 Å². The Bertz CT molecular complexity index is 972. The standard InChI is InChI=1S/C19H18F3N5OS/c1-2-28-16-8-6-15(7-9-16)24-18(29)25-17-23-12-27(26-17)11-13-4-3-5-14(10-13)19(20,21)22/h3-10,12H,2,11H2,1H3,(H2,24,25,26,29). The summed E-state index contributed by atoms with van der Waals surface area (Å²) < 4.78 is 45.3. The normalized spacial score (nSPS) is 11.2. The minimum Gasteiger partial charge on any atom is -0.494 e. The summed E-state index contributed by atoms with van der Waals surface area (Å²) in [5, 5.41) is 10.3. The van der Waals surface area contributed by atoms with Gasteiger partial charge in [0.2, 0.25) is 5.95 Å². The molecule has 1 aromatic heterocycles. The number of ether oxygens (including phenoxy) is 1. The molecule has 2 N–H and O–H groups in total. The third-order valence-electron chi connectivity index (χ3n) is 3.78. The number of benzene rings is 2. The molecule has 0 saturated carbocycles. The van der Waals surface area contributed by atoms with Crippen molar-refractivity contribution in [1.82, 2.24) is 14.8 Å². The first-order chi connectivity index (χ1) is 13.8. The smallest absolute Gasteiger partial charge is 0.416 e. The molecular formula is C19H18F3N5OS. The zero-order chi connectivity index (χ0) is 20.9. The van der Waals surface area contributed by atoms with Crippen molar-refractivity contribution >= 4 is 29.0 Å². The minimum absolute atomic E-state index is 0.150. The van der Waals surface area contributed by atoms with Gasteiger partial charge in [0, 0.05) is 5.69 Å². The fraction of sp³-hybridized carbons (Fsp3) is 0.211. The second-order valence-corrected chi connectivity index (χ2v) is 6.41. The Morgan fingerprint density at radius 2 is 1.90 bits per heavy atom. The van der Waals surface area contributed by atoms with Gasteiger partial charge in [-0.2, -0.15) is 13.2 Å². The zero-order valence-corrected chi connectivity index (χ0v) is 16.2. The summed E-state index contributed by atoms with van der Waals surface area (Å²) in [7, 11) is 0. The Kier molecular flexibility index (Phi) is 6.32. The van der Waals surface area contributed by atoms with Crippen LogP contribution in [0.25, 0.3) is 0 Å². The highest BCUT2D eigenvalue weighted by molar-refractivity contribution is 7.80. The number of anilines is 2. The van der Waals surface area contributed by atoms with Crippen LogP contribution in [0.4, 0.5) is 24.8 Å². The monoisotopic (exact) mass is 421 g/mol. The number of hydrogen-bond acceptors (Lipinski definition) is 4. The Labute approximate surface area is 170 Å². The molecule has 6 nitrogen and oxygen atoms in total. The van der Waals surface area contributed by atoms with Crippen LogP contribution < -0.4 is 15.4 Å². The Morgan fingerprint density at radius 1 is 1.14 bits per heavy atom. The summed E-state index contributed by atoms with van der Waals surface area (Å²) >= 11 is 5.23. The van der Waals surface area contributed by atoms with E-state index in [1.807, 2.05) is 31.2 Å². The van der Waals surface area contributed by atoms with Gasteiger partial charge in [-0.15, -0.1) is 5.10 Å². The van der Waals surface area contributed by atoms with Crippen molar-refractivity contribution in [1.29, 1.82) is 0 Å². The van der Waals surface area contributed by atoms with Crippen molar-refractivity contribution in [2.24, 2.45) is 0 Å². The predicted molar refractivity (Wildman–Crippen MR) is 108 cm³/mol. The summed E-state index contributed by atoms with van der Waals surface area (Å²) in [4.78, 5) is 4.07. The van der Waals surface area contributed by atoms with Gasteiger partial charge in [0.15, 0.2) is 5.11 Å². The number of rotatable bonds is 6. The maximum atomic E-state index is 12.8. The lowest BCUT2D eigenvalue weighted by Gasteiger charge is -2.09. The lowest BCUT2D eigenvalue weighted by atomic mass is 10.1. The van der Waals surface area contributed by atoms with Crippen LogP contribution in [0.5, 0.6) is 5.75 Å². The highest BCUT2D eigenvalue weighted by atomic mass is 32.1. The second kappa shape index (κ2) is 8.91. The molecule has 29 heavy (non-hydrogen) atoms. The Morgan fingerprint density at radius 3 is 2.59 bits per heavy atom. The first-order valence-electron chi connectivity index (χ1n) is 8.70. The molecule has 0 spiro atoms. The molecule has 3 aromatic rings. The lowest BCUT2D eigenvalue weighted by molar-refractivity contribution is -0.137. The molecular weight excluding hydrogens is 403 g/mol. The third-order valence-corrected chi connectivity index (χ3v) is 3.99. The van der Waals surface area contributed by atoms with E-state index in [1.54, 1.807) is 6.07 Å². The molecule has 1 heterocycles. The van der Waals surface area contributed by atoms with Gasteiger partial charge in [-0.1, -0.05) is 12.1 Å². The number of alkyl halides is 3. The summed E-state index contributed by atoms with van der Waals surface area (Å²) in [6, 6.07) is 12.4. The van der Waals surface area contributed by atoms with Gasteiger partial charge in [0.25, 0.3) is 0 Å². The molecule has 0 bridgehead atoms. The molecule has 152 valence electrons. The maximum Gasteiger partial charge on any atom is 0.416 e. The van der Waals surface area contributed by atoms with Crippen molar-refractivity contribution in [2.45, 2.75) is 19.6 Å². The quantitative estimate of drug-likeness (QED) is 0.570. The van der Waals surface area contributed by atoms with Crippen LogP contribution in [0, 0.1) is 0 Å². The molecule has 0 radical (unpaired) electrons. The molecule has 0 atom stereocenters. The number of aromatic nitrogens is 3. The lowest BCUT2D eigenvalue weighted by Crippen LogP contribution is -2.20. The van der Waals surface area contributed by atoms with Crippen LogP contribution in [0.3, 0.4) is 0 Å². The maximum absolute atomic E-state index is 12.8. The second-order valence-electron chi connectivity index (χ2n) is 6.00. The first-order valence-corrected chi connectivity index (χ1v) is 9.11. The van der Waals surface area contributed by atoms with Gasteiger partial charge in [-0.25, -0.2) is 9.67 Å². The Balaban J connectivity index is 1.58. The molecule has 0 saturated heterocycles. The van der Waals surface area contributed by atoms with Crippen LogP contribution in [0.15, 0.2) is 54.9 Å². The number of halogens is 3. The highest BCUT2D eigenvalue weighted by Crippen LogP contribution is 2.29. The molecule has 0 aliphatic rings. The SMILES string of the molecule is CCOc1ccc(NC(=S)Nc2ncn(Cc3cccc(C(F)(F)F)c3)n2)cc1. The fourth-order valence-electron chi connectivity index (χ4n) is 2.53. The number of hydrogen-bond donors (Lipinski definition) is 2. The van der Waals surface area contributed by atoms with Gasteiger partial charge in [-0.3, -0.25) is 5.32 Å². The topological polar surface area (TPSA) is 64.0 Å². The van der Waals surface area contributed by atoms with Gasteiger partial charge in [0.05, 0.1) is 18.7 Å². The van der Waals surface area contributed by atoms with Gasteiger partial charge < -0.3 is 10.1 Å². The van der Waals surface area contributed by atoms with E-state index in [1.165, 1.54) is 17.1 Å². The Hall–Kier alpha value is -3.14. The van der Waals surface area contributed by atoms with Crippen LogP contribution in [0.2, 0.25) is 0 Å². The van der Waals surface area contributed by atoms with Crippen LogP contribution in [-0.4, -0.2) is 26.5 Å². The molecule has 3 rings (SSSR count). The van der Waals surface area contributed by atoms with Crippen molar-refractivity contribution in [3.8, 4) is 5.75 Å². The zero-order valence-electron chi connectivity index (χ0n) is 15.4. The van der Waals surface area contributed by atoms with Crippen LogP contribution >= 0.6 is 12.2 Å². The van der Waals surface area contributed by atoms with E-state index < -0.39 is 11.7 Å². The number of nitrogens with zero attached hydrogens (tertiary/aromatic N) is 3.